The van der Waals surface area contributed by atoms with Crippen molar-refractivity contribution in [3.05, 3.63) is 17.6 Å². The highest BCUT2D eigenvalue weighted by molar-refractivity contribution is 7.89. The third kappa shape index (κ3) is 2.71. The summed E-state index contributed by atoms with van der Waals surface area (Å²) in [7, 11) is -3.12. The number of aryl methyl sites for hydroxylation is 1. The molecular weight excluding hydrogens is 242 g/mol. The second kappa shape index (κ2) is 4.55. The van der Waals surface area contributed by atoms with Gasteiger partial charge in [0.15, 0.2) is 0 Å². The maximum atomic E-state index is 11.6. The third-order valence-corrected chi connectivity index (χ3v) is 4.47. The average molecular weight is 257 g/mol. The Labute approximate surface area is 100 Å². The zero-order chi connectivity index (χ0) is 12.5. The molecule has 0 spiro atoms. The SMILES string of the molecule is Cc1cc(NN)nc(CN2CCCS2(=O)=O)n1. The lowest BCUT2D eigenvalue weighted by Crippen LogP contribution is -2.26. The number of nitrogens with one attached hydrogen (secondary N) is 1. The van der Waals surface area contributed by atoms with E-state index in [0.717, 1.165) is 5.69 Å². The van der Waals surface area contributed by atoms with Gasteiger partial charge < -0.3 is 5.43 Å². The van der Waals surface area contributed by atoms with E-state index in [4.69, 9.17) is 5.84 Å². The lowest BCUT2D eigenvalue weighted by molar-refractivity contribution is 0.429. The first-order valence-corrected chi connectivity index (χ1v) is 6.91. The molecule has 2 heterocycles. The molecule has 3 N–H and O–H groups in total. The molecule has 0 atom stereocenters. The summed E-state index contributed by atoms with van der Waals surface area (Å²) in [5.74, 6) is 6.44. The van der Waals surface area contributed by atoms with Crippen LogP contribution in [0.2, 0.25) is 0 Å². The van der Waals surface area contributed by atoms with Gasteiger partial charge in [0, 0.05) is 18.3 Å². The molecule has 1 aromatic heterocycles. The van der Waals surface area contributed by atoms with E-state index in [1.54, 1.807) is 6.07 Å². The number of hydrazine groups is 1. The van der Waals surface area contributed by atoms with Crippen molar-refractivity contribution in [3.8, 4) is 0 Å². The molecule has 0 radical (unpaired) electrons. The normalized spacial score (nSPS) is 19.4. The fourth-order valence-corrected chi connectivity index (χ4v) is 3.27. The Hall–Kier alpha value is -1.25. The summed E-state index contributed by atoms with van der Waals surface area (Å²) in [6.07, 6.45) is 0.663. The van der Waals surface area contributed by atoms with Gasteiger partial charge in [0.2, 0.25) is 10.0 Å². The molecule has 0 bridgehead atoms. The van der Waals surface area contributed by atoms with Gasteiger partial charge in [-0.05, 0) is 13.3 Å². The van der Waals surface area contributed by atoms with E-state index in [2.05, 4.69) is 15.4 Å². The van der Waals surface area contributed by atoms with Gasteiger partial charge in [0.25, 0.3) is 0 Å². The predicted molar refractivity (Wildman–Crippen MR) is 63.4 cm³/mol. The van der Waals surface area contributed by atoms with Gasteiger partial charge in [0.1, 0.15) is 11.6 Å². The summed E-state index contributed by atoms with van der Waals surface area (Å²) in [4.78, 5) is 8.33. The number of nitrogens with zero attached hydrogens (tertiary/aromatic N) is 3. The van der Waals surface area contributed by atoms with Crippen LogP contribution in [0.1, 0.15) is 17.9 Å². The fraction of sp³-hybridized carbons (Fsp3) is 0.556. The Morgan fingerprint density at radius 2 is 2.29 bits per heavy atom. The van der Waals surface area contributed by atoms with Gasteiger partial charge in [-0.15, -0.1) is 0 Å². The van der Waals surface area contributed by atoms with Crippen LogP contribution in [0, 0.1) is 6.92 Å². The van der Waals surface area contributed by atoms with Crippen LogP contribution in [0.4, 0.5) is 5.82 Å². The van der Waals surface area contributed by atoms with Crippen LogP contribution in [-0.4, -0.2) is 35.0 Å². The van der Waals surface area contributed by atoms with Crippen LogP contribution in [0.3, 0.4) is 0 Å². The first-order chi connectivity index (χ1) is 8.01. The van der Waals surface area contributed by atoms with E-state index in [-0.39, 0.29) is 12.3 Å². The van der Waals surface area contributed by atoms with Crippen molar-refractivity contribution in [1.82, 2.24) is 14.3 Å². The van der Waals surface area contributed by atoms with E-state index in [0.29, 0.717) is 24.6 Å². The lowest BCUT2D eigenvalue weighted by Gasteiger charge is -2.13. The molecule has 1 saturated heterocycles. The standard InChI is InChI=1S/C9H15N5O2S/c1-7-5-8(13-10)12-9(11-7)6-14-3-2-4-17(14,15)16/h5H,2-4,6,10H2,1H3,(H,11,12,13). The Morgan fingerprint density at radius 3 is 2.88 bits per heavy atom. The average Bonchev–Trinajstić information content (AvgIpc) is 2.57. The van der Waals surface area contributed by atoms with Crippen LogP contribution in [-0.2, 0) is 16.6 Å². The van der Waals surface area contributed by atoms with Crippen LogP contribution in [0.25, 0.3) is 0 Å². The molecule has 1 fully saturated rings. The largest absolute Gasteiger partial charge is 0.308 e. The summed E-state index contributed by atoms with van der Waals surface area (Å²) in [5.41, 5.74) is 3.18. The third-order valence-electron chi connectivity index (χ3n) is 2.57. The van der Waals surface area contributed by atoms with Crippen LogP contribution in [0.15, 0.2) is 6.07 Å². The lowest BCUT2D eigenvalue weighted by atomic mass is 10.4. The molecule has 1 aromatic rings. The number of anilines is 1. The topological polar surface area (TPSA) is 101 Å². The zero-order valence-electron chi connectivity index (χ0n) is 9.55. The van der Waals surface area contributed by atoms with Crippen molar-refractivity contribution in [1.29, 1.82) is 0 Å². The number of nitrogen functional groups attached to an aromatic ring is 1. The highest BCUT2D eigenvalue weighted by atomic mass is 32.2. The number of nitrogens with two attached hydrogens (primary N) is 1. The molecule has 17 heavy (non-hydrogen) atoms. The summed E-state index contributed by atoms with van der Waals surface area (Å²) < 4.78 is 24.7. The summed E-state index contributed by atoms with van der Waals surface area (Å²) in [6.45, 7) is 2.55. The second-order valence-electron chi connectivity index (χ2n) is 3.96. The van der Waals surface area contributed by atoms with Crippen molar-refractivity contribution in [2.24, 2.45) is 5.84 Å². The Bertz CT molecular complexity index is 516. The molecule has 0 saturated carbocycles. The monoisotopic (exact) mass is 257 g/mol. The van der Waals surface area contributed by atoms with Crippen LogP contribution >= 0.6 is 0 Å². The molecule has 1 aliphatic heterocycles. The van der Waals surface area contributed by atoms with E-state index in [1.807, 2.05) is 6.92 Å². The van der Waals surface area contributed by atoms with Gasteiger partial charge in [0.05, 0.1) is 12.3 Å². The first-order valence-electron chi connectivity index (χ1n) is 5.30. The maximum Gasteiger partial charge on any atom is 0.214 e. The minimum Gasteiger partial charge on any atom is -0.308 e. The first kappa shape index (κ1) is 12.2. The minimum absolute atomic E-state index is 0.207. The highest BCUT2D eigenvalue weighted by Gasteiger charge is 2.28. The number of hydrogen-bond acceptors (Lipinski definition) is 6. The molecule has 8 heteroatoms. The molecule has 94 valence electrons. The number of rotatable bonds is 3. The second-order valence-corrected chi connectivity index (χ2v) is 6.05. The molecule has 1 aliphatic rings. The van der Waals surface area contributed by atoms with Crippen molar-refractivity contribution in [2.75, 3.05) is 17.7 Å². The Morgan fingerprint density at radius 1 is 1.53 bits per heavy atom. The summed E-state index contributed by atoms with van der Waals surface area (Å²) in [5, 5.41) is 0. The number of hydrogen-bond donors (Lipinski definition) is 2. The molecule has 2 rings (SSSR count). The van der Waals surface area contributed by atoms with Crippen LogP contribution < -0.4 is 11.3 Å². The molecule has 0 aliphatic carbocycles. The van der Waals surface area contributed by atoms with E-state index in [1.165, 1.54) is 4.31 Å². The van der Waals surface area contributed by atoms with E-state index in [9.17, 15) is 8.42 Å². The number of sulfonamides is 1. The molecule has 0 aromatic carbocycles. The molecular formula is C9H15N5O2S. The molecule has 0 unspecified atom stereocenters. The van der Waals surface area contributed by atoms with Crippen molar-refractivity contribution >= 4 is 15.8 Å². The maximum absolute atomic E-state index is 11.6. The van der Waals surface area contributed by atoms with Crippen molar-refractivity contribution in [3.63, 3.8) is 0 Å². The van der Waals surface area contributed by atoms with Gasteiger partial charge in [-0.1, -0.05) is 0 Å². The Balaban J connectivity index is 2.21. The summed E-state index contributed by atoms with van der Waals surface area (Å²) in [6, 6.07) is 1.70. The Kier molecular flexibility index (Phi) is 3.27. The summed E-state index contributed by atoms with van der Waals surface area (Å²) >= 11 is 0. The van der Waals surface area contributed by atoms with Gasteiger partial charge >= 0.3 is 0 Å². The number of aromatic nitrogens is 2. The van der Waals surface area contributed by atoms with Gasteiger partial charge in [-0.25, -0.2) is 24.2 Å². The molecule has 7 nitrogen and oxygen atoms in total. The van der Waals surface area contributed by atoms with E-state index >= 15 is 0 Å². The van der Waals surface area contributed by atoms with Crippen LogP contribution in [0.5, 0.6) is 0 Å². The smallest absolute Gasteiger partial charge is 0.214 e. The predicted octanol–water partition coefficient (Wildman–Crippen LogP) is -0.394. The fourth-order valence-electron chi connectivity index (χ4n) is 1.80. The van der Waals surface area contributed by atoms with Gasteiger partial charge in [-0.3, -0.25) is 0 Å². The van der Waals surface area contributed by atoms with Crippen molar-refractivity contribution < 1.29 is 8.42 Å². The highest BCUT2D eigenvalue weighted by Crippen LogP contribution is 2.16. The van der Waals surface area contributed by atoms with E-state index < -0.39 is 10.0 Å². The quantitative estimate of drug-likeness (QED) is 0.564. The van der Waals surface area contributed by atoms with Crippen molar-refractivity contribution in [2.45, 2.75) is 19.9 Å². The van der Waals surface area contributed by atoms with Gasteiger partial charge in [-0.2, -0.15) is 4.31 Å². The minimum atomic E-state index is -3.12. The molecule has 0 amide bonds. The zero-order valence-corrected chi connectivity index (χ0v) is 10.4.